The number of carbonyl (C=O) groups is 1. The molecule has 3 aromatic rings. The third-order valence-corrected chi connectivity index (χ3v) is 7.85. The van der Waals surface area contributed by atoms with Crippen LogP contribution in [-0.4, -0.2) is 10.8 Å². The molecule has 0 bridgehead atoms. The summed E-state index contributed by atoms with van der Waals surface area (Å²) in [4.78, 5) is 12.6. The fraction of sp³-hybridized carbons (Fsp3) is 0.0455. The summed E-state index contributed by atoms with van der Waals surface area (Å²) in [6, 6.07) is 29.1. The first-order valence-corrected chi connectivity index (χ1v) is 9.99. The molecule has 2 nitrogen and oxygen atoms in total. The molecule has 0 saturated carbocycles. The summed E-state index contributed by atoms with van der Waals surface area (Å²) >= 11 is 0. The molecule has 0 atom stereocenters. The van der Waals surface area contributed by atoms with Crippen molar-refractivity contribution in [1.29, 1.82) is 0 Å². The fourth-order valence-electron chi connectivity index (χ4n) is 2.97. The van der Waals surface area contributed by atoms with E-state index in [1.54, 1.807) is 0 Å². The zero-order valence-electron chi connectivity index (χ0n) is 14.0. The molecule has 0 aliphatic heterocycles. The second-order valence-electron chi connectivity index (χ2n) is 5.85. The lowest BCUT2D eigenvalue weighted by Crippen LogP contribution is -2.26. The highest BCUT2D eigenvalue weighted by atomic mass is 31.2. The fourth-order valence-corrected chi connectivity index (χ4v) is 6.13. The van der Waals surface area contributed by atoms with Crippen LogP contribution in [0.1, 0.15) is 12.5 Å². The van der Waals surface area contributed by atoms with E-state index < -0.39 is 13.0 Å². The maximum absolute atomic E-state index is 12.6. The molecule has 0 fully saturated rings. The highest BCUT2D eigenvalue weighted by Gasteiger charge is 2.50. The van der Waals surface area contributed by atoms with Crippen molar-refractivity contribution in [3.05, 3.63) is 102 Å². The Kier molecular flexibility index (Phi) is 5.11. The minimum atomic E-state index is -2.74. The third-order valence-electron chi connectivity index (χ3n) is 4.25. The maximum atomic E-state index is 12.6. The van der Waals surface area contributed by atoms with Gasteiger partial charge in [-0.15, -0.1) is 0 Å². The molecular formula is C22H20O2P+. The van der Waals surface area contributed by atoms with Crippen LogP contribution < -0.4 is 10.6 Å². The number of allylic oxidation sites excluding steroid dienone is 1. The minimum absolute atomic E-state index is 0.778. The van der Waals surface area contributed by atoms with Crippen molar-refractivity contribution in [1.82, 2.24) is 0 Å². The van der Waals surface area contributed by atoms with Crippen LogP contribution in [0.4, 0.5) is 4.79 Å². The van der Waals surface area contributed by atoms with E-state index >= 15 is 0 Å². The summed E-state index contributed by atoms with van der Waals surface area (Å²) < 4.78 is 0. The van der Waals surface area contributed by atoms with Crippen LogP contribution in [0.15, 0.2) is 96.8 Å². The molecule has 0 radical (unpaired) electrons. The van der Waals surface area contributed by atoms with Crippen molar-refractivity contribution in [2.45, 2.75) is 6.92 Å². The normalized spacial score (nSPS) is 12.0. The highest BCUT2D eigenvalue weighted by molar-refractivity contribution is 8.04. The van der Waals surface area contributed by atoms with Crippen molar-refractivity contribution in [3.63, 3.8) is 0 Å². The van der Waals surface area contributed by atoms with E-state index in [-0.39, 0.29) is 0 Å². The molecule has 0 aliphatic carbocycles. The van der Waals surface area contributed by atoms with Gasteiger partial charge in [-0.25, -0.2) is 4.79 Å². The lowest BCUT2D eigenvalue weighted by atomic mass is 10.1. The first-order chi connectivity index (χ1) is 12.1. The number of hydrogen-bond acceptors (Lipinski definition) is 1. The first-order valence-electron chi connectivity index (χ1n) is 8.13. The van der Waals surface area contributed by atoms with E-state index in [1.807, 2.05) is 104 Å². The number of benzene rings is 3. The quantitative estimate of drug-likeness (QED) is 0.628. The predicted octanol–water partition coefficient (Wildman–Crippen LogP) is 5.39. The molecule has 0 unspecified atom stereocenters. The zero-order chi connectivity index (χ0) is 17.7. The second-order valence-corrected chi connectivity index (χ2v) is 8.97. The van der Waals surface area contributed by atoms with Crippen molar-refractivity contribution in [2.24, 2.45) is 0 Å². The lowest BCUT2D eigenvalue weighted by molar-refractivity contribution is 0.221. The van der Waals surface area contributed by atoms with Gasteiger partial charge >= 0.3 is 5.71 Å². The van der Waals surface area contributed by atoms with Crippen LogP contribution in [-0.2, 0) is 0 Å². The smallest absolute Gasteiger partial charge is 0.451 e. The Morgan fingerprint density at radius 3 is 1.56 bits per heavy atom. The molecule has 0 aliphatic rings. The third kappa shape index (κ3) is 3.40. The van der Waals surface area contributed by atoms with Gasteiger partial charge in [0.2, 0.25) is 7.26 Å². The van der Waals surface area contributed by atoms with Gasteiger partial charge in [0.25, 0.3) is 0 Å². The Morgan fingerprint density at radius 2 is 1.16 bits per heavy atom. The van der Waals surface area contributed by atoms with Gasteiger partial charge in [0.15, 0.2) is 0 Å². The van der Waals surface area contributed by atoms with E-state index in [4.69, 9.17) is 0 Å². The molecule has 0 heterocycles. The van der Waals surface area contributed by atoms with Crippen molar-refractivity contribution >= 4 is 29.2 Å². The van der Waals surface area contributed by atoms with Gasteiger partial charge in [-0.1, -0.05) is 66.7 Å². The van der Waals surface area contributed by atoms with Crippen LogP contribution in [0.3, 0.4) is 0 Å². The Labute approximate surface area is 148 Å². The van der Waals surface area contributed by atoms with Crippen molar-refractivity contribution < 1.29 is 9.90 Å². The van der Waals surface area contributed by atoms with Gasteiger partial charge in [0.1, 0.15) is 10.6 Å². The second kappa shape index (κ2) is 7.46. The van der Waals surface area contributed by atoms with Crippen molar-refractivity contribution in [2.75, 3.05) is 0 Å². The summed E-state index contributed by atoms with van der Waals surface area (Å²) in [5.41, 5.74) is 1.24. The molecule has 3 rings (SSSR count). The Morgan fingerprint density at radius 1 is 0.760 bits per heavy atom. The van der Waals surface area contributed by atoms with Gasteiger partial charge < -0.3 is 5.11 Å². The summed E-state index contributed by atoms with van der Waals surface area (Å²) in [7, 11) is -2.74. The van der Waals surface area contributed by atoms with Gasteiger partial charge in [0, 0.05) is 0 Å². The van der Waals surface area contributed by atoms with Gasteiger partial charge in [-0.05, 0) is 42.3 Å². The summed E-state index contributed by atoms with van der Waals surface area (Å²) in [5.74, 6) is 1.97. The van der Waals surface area contributed by atoms with E-state index in [0.29, 0.717) is 0 Å². The van der Waals surface area contributed by atoms with E-state index in [9.17, 15) is 9.90 Å². The molecule has 0 amide bonds. The molecule has 3 heteroatoms. The summed E-state index contributed by atoms with van der Waals surface area (Å²) in [6.45, 7) is 1.99. The molecule has 0 aromatic heterocycles. The summed E-state index contributed by atoms with van der Waals surface area (Å²) in [6.07, 6.45) is 0. The minimum Gasteiger partial charge on any atom is -0.451 e. The van der Waals surface area contributed by atoms with Crippen LogP contribution >= 0.6 is 7.26 Å². The molecule has 0 saturated heterocycles. The van der Waals surface area contributed by atoms with E-state index in [2.05, 4.69) is 0 Å². The molecule has 3 aromatic carbocycles. The van der Waals surface area contributed by atoms with Crippen LogP contribution in [0.5, 0.6) is 0 Å². The average Bonchev–Trinajstić information content (AvgIpc) is 2.67. The largest absolute Gasteiger partial charge is 0.463 e. The van der Waals surface area contributed by atoms with Crippen LogP contribution in [0, 0.1) is 0 Å². The van der Waals surface area contributed by atoms with Crippen LogP contribution in [0.2, 0.25) is 0 Å². The van der Waals surface area contributed by atoms with Crippen molar-refractivity contribution in [3.8, 4) is 0 Å². The zero-order valence-corrected chi connectivity index (χ0v) is 14.9. The number of rotatable bonds is 5. The first kappa shape index (κ1) is 17.1. The highest BCUT2D eigenvalue weighted by Crippen LogP contribution is 2.60. The van der Waals surface area contributed by atoms with Gasteiger partial charge in [0.05, 0.1) is 5.82 Å². The summed E-state index contributed by atoms with van der Waals surface area (Å²) in [5, 5.41) is 12.0. The van der Waals surface area contributed by atoms with Gasteiger partial charge in [-0.2, -0.15) is 0 Å². The monoisotopic (exact) mass is 347 g/mol. The van der Waals surface area contributed by atoms with Gasteiger partial charge in [-0.3, -0.25) is 0 Å². The van der Waals surface area contributed by atoms with E-state index in [1.165, 1.54) is 0 Å². The Balaban J connectivity index is 2.27. The maximum Gasteiger partial charge on any atom is 0.463 e. The molecule has 0 spiro atoms. The molecule has 124 valence electrons. The Hall–Kier alpha value is -2.70. The van der Waals surface area contributed by atoms with Crippen LogP contribution in [0.25, 0.3) is 5.57 Å². The lowest BCUT2D eigenvalue weighted by Gasteiger charge is -2.19. The standard InChI is InChI=1S/C22H19O2P/c1-18(19-11-5-2-6-12-19)17-25(22(23)24,20-13-7-3-8-14-20)21-15-9-4-10-16-21/h2-17H,1H3/p+1/b18-17+. The van der Waals surface area contributed by atoms with E-state index in [0.717, 1.165) is 21.7 Å². The molecule has 1 N–H and O–H groups in total. The topological polar surface area (TPSA) is 37.3 Å². The molecular weight excluding hydrogens is 327 g/mol. The number of hydrogen-bond donors (Lipinski definition) is 1. The average molecular weight is 347 g/mol. The SMILES string of the molecule is C/C(=C\[P+](C(=O)O)(c1ccccc1)c1ccccc1)c1ccccc1. The predicted molar refractivity (Wildman–Crippen MR) is 107 cm³/mol. The molecule has 25 heavy (non-hydrogen) atoms. The Bertz CT molecular complexity index is 832. The number of carboxylic acid groups (broad SMARTS) is 1.